The summed E-state index contributed by atoms with van der Waals surface area (Å²) >= 11 is 0. The lowest BCUT2D eigenvalue weighted by molar-refractivity contribution is 0.0853. The highest BCUT2D eigenvalue weighted by atomic mass is 16.5. The third-order valence-corrected chi connectivity index (χ3v) is 5.21. The van der Waals surface area contributed by atoms with Crippen LogP contribution in [-0.4, -0.2) is 34.3 Å². The lowest BCUT2D eigenvalue weighted by atomic mass is 9.91. The lowest BCUT2D eigenvalue weighted by Crippen LogP contribution is -2.15. The summed E-state index contributed by atoms with van der Waals surface area (Å²) in [6.45, 7) is 5.45. The molecule has 6 nitrogen and oxygen atoms in total. The van der Waals surface area contributed by atoms with E-state index in [0.29, 0.717) is 17.3 Å². The zero-order valence-corrected chi connectivity index (χ0v) is 16.2. The van der Waals surface area contributed by atoms with Gasteiger partial charge in [0.2, 0.25) is 0 Å². The fourth-order valence-corrected chi connectivity index (χ4v) is 3.50. The molecule has 0 aliphatic carbocycles. The van der Waals surface area contributed by atoms with Gasteiger partial charge >= 0.3 is 0 Å². The fraction of sp³-hybridized carbons (Fsp3) is 0.318. The number of H-pyrrole nitrogens is 1. The molecule has 1 fully saturated rings. The second-order valence-corrected chi connectivity index (χ2v) is 7.24. The molecular formula is C22H24N4O2. The maximum absolute atomic E-state index is 12.7. The van der Waals surface area contributed by atoms with Crippen molar-refractivity contribution in [1.82, 2.24) is 15.2 Å². The number of nitrogens with one attached hydrogen (secondary N) is 2. The molecule has 0 saturated carbocycles. The molecule has 2 N–H and O–H groups in total. The average Bonchev–Trinajstić information content (AvgIpc) is 3.17. The van der Waals surface area contributed by atoms with Gasteiger partial charge in [-0.1, -0.05) is 24.3 Å². The van der Waals surface area contributed by atoms with Crippen LogP contribution in [0.2, 0.25) is 0 Å². The normalized spacial score (nSPS) is 14.8. The van der Waals surface area contributed by atoms with E-state index in [0.717, 1.165) is 48.7 Å². The van der Waals surface area contributed by atoms with Gasteiger partial charge in [0.25, 0.3) is 5.91 Å². The number of amides is 1. The molecule has 1 saturated heterocycles. The third-order valence-electron chi connectivity index (χ3n) is 5.21. The van der Waals surface area contributed by atoms with Gasteiger partial charge in [-0.2, -0.15) is 5.10 Å². The third kappa shape index (κ3) is 3.97. The van der Waals surface area contributed by atoms with Gasteiger partial charge in [0.1, 0.15) is 5.82 Å². The Morgan fingerprint density at radius 2 is 1.86 bits per heavy atom. The van der Waals surface area contributed by atoms with Crippen LogP contribution < -0.4 is 5.32 Å². The van der Waals surface area contributed by atoms with Gasteiger partial charge < -0.3 is 10.1 Å². The number of carbonyl (C=O) groups excluding carboxylic acids is 1. The van der Waals surface area contributed by atoms with E-state index in [-0.39, 0.29) is 5.91 Å². The molecule has 0 radical (unpaired) electrons. The Bertz CT molecular complexity index is 972. The van der Waals surface area contributed by atoms with Gasteiger partial charge in [0.15, 0.2) is 5.82 Å². The summed E-state index contributed by atoms with van der Waals surface area (Å²) in [5.41, 5.74) is 4.54. The molecule has 28 heavy (non-hydrogen) atoms. The summed E-state index contributed by atoms with van der Waals surface area (Å²) in [7, 11) is 0. The van der Waals surface area contributed by atoms with E-state index in [1.165, 1.54) is 5.56 Å². The summed E-state index contributed by atoms with van der Waals surface area (Å²) in [5.74, 6) is 1.78. The number of carbonyl (C=O) groups is 1. The predicted molar refractivity (Wildman–Crippen MR) is 108 cm³/mol. The highest BCUT2D eigenvalue weighted by Gasteiger charge is 2.17. The van der Waals surface area contributed by atoms with Crippen LogP contribution >= 0.6 is 0 Å². The van der Waals surface area contributed by atoms with Crippen molar-refractivity contribution < 1.29 is 9.53 Å². The number of nitrogens with zero attached hydrogens (tertiary/aromatic N) is 2. The highest BCUT2D eigenvalue weighted by Crippen LogP contribution is 2.27. The number of anilines is 1. The van der Waals surface area contributed by atoms with Gasteiger partial charge in [-0.25, -0.2) is 4.98 Å². The Kier molecular flexibility index (Phi) is 5.21. The topological polar surface area (TPSA) is 79.9 Å². The van der Waals surface area contributed by atoms with Crippen molar-refractivity contribution in [3.8, 4) is 11.4 Å². The zero-order chi connectivity index (χ0) is 19.5. The monoisotopic (exact) mass is 376 g/mol. The second kappa shape index (κ2) is 7.94. The summed E-state index contributed by atoms with van der Waals surface area (Å²) in [6.07, 6.45) is 2.08. The van der Waals surface area contributed by atoms with Crippen LogP contribution in [-0.2, 0) is 4.74 Å². The van der Waals surface area contributed by atoms with Crippen LogP contribution in [0.25, 0.3) is 11.4 Å². The van der Waals surface area contributed by atoms with E-state index >= 15 is 0 Å². The predicted octanol–water partition coefficient (Wildman–Crippen LogP) is 4.23. The maximum Gasteiger partial charge on any atom is 0.255 e. The van der Waals surface area contributed by atoms with Gasteiger partial charge in [-0.05, 0) is 61.9 Å². The van der Waals surface area contributed by atoms with E-state index < -0.39 is 0 Å². The molecule has 2 aromatic carbocycles. The highest BCUT2D eigenvalue weighted by molar-refractivity contribution is 6.04. The van der Waals surface area contributed by atoms with Gasteiger partial charge in [0.05, 0.1) is 0 Å². The molecule has 144 valence electrons. The first-order valence-corrected chi connectivity index (χ1v) is 9.59. The number of hydrogen-bond donors (Lipinski definition) is 2. The summed E-state index contributed by atoms with van der Waals surface area (Å²) in [4.78, 5) is 17.1. The first kappa shape index (κ1) is 18.4. The van der Waals surface area contributed by atoms with Crippen molar-refractivity contribution in [3.63, 3.8) is 0 Å². The minimum atomic E-state index is -0.120. The molecule has 2 heterocycles. The lowest BCUT2D eigenvalue weighted by Gasteiger charge is -2.22. The summed E-state index contributed by atoms with van der Waals surface area (Å²) in [6, 6.07) is 13.7. The van der Waals surface area contributed by atoms with Crippen molar-refractivity contribution in [2.75, 3.05) is 18.5 Å². The number of ether oxygens (including phenoxy) is 1. The number of aromatic nitrogens is 3. The first-order valence-electron chi connectivity index (χ1n) is 9.59. The Morgan fingerprint density at radius 3 is 2.54 bits per heavy atom. The van der Waals surface area contributed by atoms with Crippen LogP contribution in [0.4, 0.5) is 5.69 Å². The van der Waals surface area contributed by atoms with Crippen molar-refractivity contribution in [3.05, 3.63) is 65.0 Å². The van der Waals surface area contributed by atoms with Crippen LogP contribution in [0.1, 0.15) is 46.1 Å². The zero-order valence-electron chi connectivity index (χ0n) is 16.2. The van der Waals surface area contributed by atoms with Crippen molar-refractivity contribution in [2.45, 2.75) is 32.6 Å². The Labute approximate surface area is 164 Å². The summed E-state index contributed by atoms with van der Waals surface area (Å²) < 4.78 is 5.43. The maximum atomic E-state index is 12.7. The van der Waals surface area contributed by atoms with E-state index in [4.69, 9.17) is 4.74 Å². The van der Waals surface area contributed by atoms with Crippen LogP contribution in [0.15, 0.2) is 42.5 Å². The molecule has 3 aromatic rings. The van der Waals surface area contributed by atoms with Crippen molar-refractivity contribution >= 4 is 11.6 Å². The fourth-order valence-electron chi connectivity index (χ4n) is 3.50. The molecule has 1 amide bonds. The molecule has 6 heteroatoms. The molecule has 0 atom stereocenters. The number of benzene rings is 2. The molecule has 0 bridgehead atoms. The van der Waals surface area contributed by atoms with Crippen molar-refractivity contribution in [1.29, 1.82) is 0 Å². The SMILES string of the molecule is Cc1nc(-c2ccc(C)c(NC(=O)c3ccc(C4CCOCC4)cc3)c2)n[nH]1. The number of aryl methyl sites for hydroxylation is 2. The second-order valence-electron chi connectivity index (χ2n) is 7.24. The molecular weight excluding hydrogens is 352 g/mol. The minimum Gasteiger partial charge on any atom is -0.381 e. The molecule has 0 unspecified atom stereocenters. The molecule has 1 aliphatic rings. The van der Waals surface area contributed by atoms with E-state index in [2.05, 4.69) is 32.6 Å². The van der Waals surface area contributed by atoms with Gasteiger partial charge in [-0.15, -0.1) is 0 Å². The number of aromatic amines is 1. The standard InChI is InChI=1S/C22H24N4O2/c1-14-3-4-19(21-23-15(2)25-26-21)13-20(14)24-22(27)18-7-5-16(6-8-18)17-9-11-28-12-10-17/h3-8,13,17H,9-12H2,1-2H3,(H,24,27)(H,23,25,26). The van der Waals surface area contributed by atoms with E-state index in [9.17, 15) is 4.79 Å². The van der Waals surface area contributed by atoms with Crippen LogP contribution in [0, 0.1) is 13.8 Å². The Morgan fingerprint density at radius 1 is 1.11 bits per heavy atom. The van der Waals surface area contributed by atoms with Gasteiger partial charge in [0, 0.05) is 30.0 Å². The van der Waals surface area contributed by atoms with Crippen LogP contribution in [0.3, 0.4) is 0 Å². The van der Waals surface area contributed by atoms with E-state index in [1.807, 2.05) is 44.2 Å². The van der Waals surface area contributed by atoms with Crippen LogP contribution in [0.5, 0.6) is 0 Å². The molecule has 4 rings (SSSR count). The molecule has 0 spiro atoms. The van der Waals surface area contributed by atoms with Crippen molar-refractivity contribution in [2.24, 2.45) is 0 Å². The largest absolute Gasteiger partial charge is 0.381 e. The number of rotatable bonds is 4. The molecule has 1 aliphatic heterocycles. The quantitative estimate of drug-likeness (QED) is 0.714. The smallest absolute Gasteiger partial charge is 0.255 e. The number of hydrogen-bond acceptors (Lipinski definition) is 4. The van der Waals surface area contributed by atoms with Gasteiger partial charge in [-0.3, -0.25) is 9.89 Å². The Hall–Kier alpha value is -2.99. The first-order chi connectivity index (χ1) is 13.6. The summed E-state index contributed by atoms with van der Waals surface area (Å²) in [5, 5.41) is 10.1. The minimum absolute atomic E-state index is 0.120. The van der Waals surface area contributed by atoms with E-state index in [1.54, 1.807) is 0 Å². The molecule has 1 aromatic heterocycles. The average molecular weight is 376 g/mol. The Balaban J connectivity index is 1.50.